The van der Waals surface area contributed by atoms with Crippen molar-refractivity contribution in [2.24, 2.45) is 0 Å². The largest absolute Gasteiger partial charge is 0.303 e. The van der Waals surface area contributed by atoms with Crippen LogP contribution in [0.2, 0.25) is 0 Å². The van der Waals surface area contributed by atoms with Gasteiger partial charge < -0.3 is 4.79 Å². The van der Waals surface area contributed by atoms with Gasteiger partial charge in [-0.05, 0) is 32.1 Å². The number of unbranched alkanes of at least 4 members (excludes halogenated alkanes) is 9. The first-order valence-electron chi connectivity index (χ1n) is 8.15. The average Bonchev–Trinajstić information content (AvgIpc) is 2.43. The van der Waals surface area contributed by atoms with E-state index in [2.05, 4.69) is 25.2 Å². The fraction of sp³-hybridized carbons (Fsp3) is 0.722. The molecule has 0 aliphatic rings. The molecule has 0 aromatic heterocycles. The summed E-state index contributed by atoms with van der Waals surface area (Å²) in [7, 11) is 0. The maximum atomic E-state index is 10.1. The van der Waals surface area contributed by atoms with Gasteiger partial charge in [-0.3, -0.25) is 0 Å². The van der Waals surface area contributed by atoms with Gasteiger partial charge >= 0.3 is 0 Å². The summed E-state index contributed by atoms with van der Waals surface area (Å²) in [5, 5.41) is 0. The summed E-state index contributed by atoms with van der Waals surface area (Å²) in [4.78, 5) is 10.1. The molecule has 110 valence electrons. The highest BCUT2D eigenvalue weighted by Gasteiger charge is 1.90. The summed E-state index contributed by atoms with van der Waals surface area (Å²) in [5.74, 6) is 0. The van der Waals surface area contributed by atoms with Crippen molar-refractivity contribution in [3.05, 3.63) is 24.3 Å². The van der Waals surface area contributed by atoms with E-state index in [9.17, 15) is 4.79 Å². The van der Waals surface area contributed by atoms with E-state index in [1.54, 1.807) is 0 Å². The third kappa shape index (κ3) is 17.1. The summed E-state index contributed by atoms with van der Waals surface area (Å²) in [6.45, 7) is 2.24. The predicted molar refractivity (Wildman–Crippen MR) is 85.4 cm³/mol. The first-order valence-corrected chi connectivity index (χ1v) is 8.15. The second-order valence-electron chi connectivity index (χ2n) is 5.19. The molecule has 0 rings (SSSR count). The van der Waals surface area contributed by atoms with Gasteiger partial charge in [0.05, 0.1) is 0 Å². The maximum Gasteiger partial charge on any atom is 0.123 e. The van der Waals surface area contributed by atoms with Crippen LogP contribution in [0, 0.1) is 0 Å². The van der Waals surface area contributed by atoms with Crippen molar-refractivity contribution < 1.29 is 4.79 Å². The van der Waals surface area contributed by atoms with E-state index in [1.807, 2.05) is 6.08 Å². The lowest BCUT2D eigenvalue weighted by Gasteiger charge is -1.99. The van der Waals surface area contributed by atoms with Crippen LogP contribution in [0.15, 0.2) is 24.3 Å². The Labute approximate surface area is 120 Å². The summed E-state index contributed by atoms with van der Waals surface area (Å²) in [6, 6.07) is 0. The summed E-state index contributed by atoms with van der Waals surface area (Å²) in [5.41, 5.74) is 0. The molecule has 0 aromatic rings. The Balaban J connectivity index is 3.06. The minimum Gasteiger partial charge on any atom is -0.303 e. The van der Waals surface area contributed by atoms with Crippen molar-refractivity contribution >= 4 is 6.29 Å². The highest BCUT2D eigenvalue weighted by molar-refractivity contribution is 5.51. The highest BCUT2D eigenvalue weighted by Crippen LogP contribution is 2.09. The zero-order valence-electron chi connectivity index (χ0n) is 12.8. The van der Waals surface area contributed by atoms with E-state index in [1.165, 1.54) is 64.2 Å². The Kier molecular flexibility index (Phi) is 16.4. The van der Waals surface area contributed by atoms with Crippen molar-refractivity contribution in [3.63, 3.8) is 0 Å². The number of aldehydes is 1. The molecule has 0 heterocycles. The molecular formula is C18H32O. The summed E-state index contributed by atoms with van der Waals surface area (Å²) < 4.78 is 0. The van der Waals surface area contributed by atoms with Gasteiger partial charge in [-0.2, -0.15) is 0 Å². The van der Waals surface area contributed by atoms with Crippen molar-refractivity contribution in [1.82, 2.24) is 0 Å². The average molecular weight is 264 g/mol. The van der Waals surface area contributed by atoms with E-state index < -0.39 is 0 Å². The van der Waals surface area contributed by atoms with Gasteiger partial charge in [0, 0.05) is 6.42 Å². The molecule has 0 aliphatic heterocycles. The third-order valence-electron chi connectivity index (χ3n) is 3.28. The molecule has 0 unspecified atom stereocenters. The van der Waals surface area contributed by atoms with Crippen LogP contribution in [0.1, 0.15) is 84.0 Å². The fourth-order valence-electron chi connectivity index (χ4n) is 2.06. The van der Waals surface area contributed by atoms with Gasteiger partial charge in [-0.25, -0.2) is 0 Å². The van der Waals surface area contributed by atoms with E-state index in [0.29, 0.717) is 6.42 Å². The van der Waals surface area contributed by atoms with Crippen LogP contribution >= 0.6 is 0 Å². The zero-order chi connectivity index (χ0) is 14.0. The molecule has 0 atom stereocenters. The van der Waals surface area contributed by atoms with Crippen molar-refractivity contribution in [3.8, 4) is 0 Å². The molecule has 0 aliphatic carbocycles. The number of rotatable bonds is 14. The van der Waals surface area contributed by atoms with E-state index in [-0.39, 0.29) is 0 Å². The van der Waals surface area contributed by atoms with Gasteiger partial charge in [0.2, 0.25) is 0 Å². The van der Waals surface area contributed by atoms with E-state index in [0.717, 1.165) is 12.7 Å². The third-order valence-corrected chi connectivity index (χ3v) is 3.28. The first-order chi connectivity index (χ1) is 9.41. The van der Waals surface area contributed by atoms with Gasteiger partial charge in [0.15, 0.2) is 0 Å². The Morgan fingerprint density at radius 3 is 1.63 bits per heavy atom. The van der Waals surface area contributed by atoms with Crippen LogP contribution in [0.5, 0.6) is 0 Å². The molecule has 0 bridgehead atoms. The summed E-state index contributed by atoms with van der Waals surface area (Å²) in [6.07, 6.45) is 24.7. The highest BCUT2D eigenvalue weighted by atomic mass is 16.1. The number of carbonyl (C=O) groups is 1. The topological polar surface area (TPSA) is 17.1 Å². The molecule has 0 amide bonds. The molecule has 0 saturated carbocycles. The van der Waals surface area contributed by atoms with E-state index in [4.69, 9.17) is 0 Å². The van der Waals surface area contributed by atoms with E-state index >= 15 is 0 Å². The monoisotopic (exact) mass is 264 g/mol. The molecule has 0 radical (unpaired) electrons. The van der Waals surface area contributed by atoms with Gasteiger partial charge in [0.1, 0.15) is 6.29 Å². The van der Waals surface area contributed by atoms with Crippen LogP contribution in [0.3, 0.4) is 0 Å². The SMILES string of the molecule is CCCC/C=C\CCCCCCCC/C=C/CC=O. The lowest BCUT2D eigenvalue weighted by molar-refractivity contribution is -0.107. The molecule has 0 saturated heterocycles. The summed E-state index contributed by atoms with van der Waals surface area (Å²) >= 11 is 0. The van der Waals surface area contributed by atoms with Crippen molar-refractivity contribution in [1.29, 1.82) is 0 Å². The van der Waals surface area contributed by atoms with Crippen LogP contribution in [-0.4, -0.2) is 6.29 Å². The smallest absolute Gasteiger partial charge is 0.123 e. The second kappa shape index (κ2) is 17.2. The number of hydrogen-bond donors (Lipinski definition) is 0. The van der Waals surface area contributed by atoms with Crippen molar-refractivity contribution in [2.45, 2.75) is 84.0 Å². The Hall–Kier alpha value is -0.850. The fourth-order valence-corrected chi connectivity index (χ4v) is 2.06. The number of hydrogen-bond acceptors (Lipinski definition) is 1. The lowest BCUT2D eigenvalue weighted by Crippen LogP contribution is -1.79. The number of allylic oxidation sites excluding steroid dienone is 4. The Morgan fingerprint density at radius 2 is 1.11 bits per heavy atom. The second-order valence-corrected chi connectivity index (χ2v) is 5.19. The van der Waals surface area contributed by atoms with Gasteiger partial charge in [-0.1, -0.05) is 69.8 Å². The number of carbonyl (C=O) groups excluding carboxylic acids is 1. The molecule has 0 N–H and O–H groups in total. The minimum absolute atomic E-state index is 0.575. The van der Waals surface area contributed by atoms with Crippen LogP contribution in [0.4, 0.5) is 0 Å². The molecule has 0 spiro atoms. The predicted octanol–water partition coefficient (Wildman–Crippen LogP) is 6.00. The normalized spacial score (nSPS) is 11.6. The maximum absolute atomic E-state index is 10.1. The molecular weight excluding hydrogens is 232 g/mol. The quantitative estimate of drug-likeness (QED) is 0.214. The molecule has 1 nitrogen and oxygen atoms in total. The Morgan fingerprint density at radius 1 is 0.632 bits per heavy atom. The lowest BCUT2D eigenvalue weighted by atomic mass is 10.1. The molecule has 1 heteroatoms. The van der Waals surface area contributed by atoms with Crippen molar-refractivity contribution in [2.75, 3.05) is 0 Å². The molecule has 0 aromatic carbocycles. The standard InChI is InChI=1S/C18H32O/c1-2-3-4-5-6-7-8-9-10-11-12-13-14-15-16-17-18-19/h5-6,15-16,18H,2-4,7-14,17H2,1H3/b6-5-,16-15+. The van der Waals surface area contributed by atoms with Crippen LogP contribution in [-0.2, 0) is 4.79 Å². The molecule has 0 fully saturated rings. The van der Waals surface area contributed by atoms with Gasteiger partial charge in [-0.15, -0.1) is 0 Å². The van der Waals surface area contributed by atoms with Crippen LogP contribution in [0.25, 0.3) is 0 Å². The first kappa shape index (κ1) is 18.1. The van der Waals surface area contributed by atoms with Gasteiger partial charge in [0.25, 0.3) is 0 Å². The molecule has 19 heavy (non-hydrogen) atoms. The zero-order valence-corrected chi connectivity index (χ0v) is 12.8. The minimum atomic E-state index is 0.575. The Bertz CT molecular complexity index is 228. The van der Waals surface area contributed by atoms with Crippen LogP contribution < -0.4 is 0 Å².